The monoisotopic (exact) mass is 332 g/mol. The van der Waals surface area contributed by atoms with E-state index in [2.05, 4.69) is 10.6 Å². The van der Waals surface area contributed by atoms with Crippen molar-refractivity contribution in [3.63, 3.8) is 0 Å². The summed E-state index contributed by atoms with van der Waals surface area (Å²) in [6.07, 6.45) is -0.734. The summed E-state index contributed by atoms with van der Waals surface area (Å²) < 4.78 is 5.27. The third-order valence-electron chi connectivity index (χ3n) is 3.12. The lowest BCUT2D eigenvalue weighted by atomic mass is 10.1. The van der Waals surface area contributed by atoms with Crippen LogP contribution in [0.1, 0.15) is 18.6 Å². The van der Waals surface area contributed by atoms with Gasteiger partial charge in [0.1, 0.15) is 0 Å². The van der Waals surface area contributed by atoms with E-state index in [0.717, 1.165) is 5.56 Å². The molecule has 2 N–H and O–H groups in total. The van der Waals surface area contributed by atoms with Crippen LogP contribution in [0.25, 0.3) is 0 Å². The van der Waals surface area contributed by atoms with Crippen LogP contribution in [-0.4, -0.2) is 18.9 Å². The maximum absolute atomic E-state index is 12.4. The fourth-order valence-corrected chi connectivity index (χ4v) is 2.35. The molecule has 6 heteroatoms. The van der Waals surface area contributed by atoms with Crippen molar-refractivity contribution in [3.05, 3.63) is 59.1 Å². The average molecular weight is 333 g/mol. The first-order chi connectivity index (χ1) is 11.0. The number of amides is 2. The Balaban J connectivity index is 2.14. The van der Waals surface area contributed by atoms with Gasteiger partial charge >= 0.3 is 0 Å². The molecule has 5 nitrogen and oxygen atoms in total. The van der Waals surface area contributed by atoms with Crippen LogP contribution in [0.3, 0.4) is 0 Å². The molecule has 0 aliphatic carbocycles. The van der Waals surface area contributed by atoms with Crippen LogP contribution in [0, 0.1) is 0 Å². The van der Waals surface area contributed by atoms with E-state index >= 15 is 0 Å². The number of rotatable bonds is 5. The Morgan fingerprint density at radius 3 is 2.35 bits per heavy atom. The largest absolute Gasteiger partial charge is 0.367 e. The lowest BCUT2D eigenvalue weighted by Gasteiger charge is -2.16. The first-order valence-corrected chi connectivity index (χ1v) is 7.35. The van der Waals surface area contributed by atoms with E-state index in [4.69, 9.17) is 16.3 Å². The summed E-state index contributed by atoms with van der Waals surface area (Å²) in [5.41, 5.74) is 1.76. The van der Waals surface area contributed by atoms with Gasteiger partial charge in [0.25, 0.3) is 5.91 Å². The minimum absolute atomic E-state index is 0.193. The van der Waals surface area contributed by atoms with E-state index in [1.165, 1.54) is 14.0 Å². The zero-order valence-corrected chi connectivity index (χ0v) is 13.6. The lowest BCUT2D eigenvalue weighted by molar-refractivity contribution is -0.126. The van der Waals surface area contributed by atoms with Gasteiger partial charge in [-0.15, -0.1) is 0 Å². The molecule has 2 aromatic carbocycles. The van der Waals surface area contributed by atoms with E-state index in [1.54, 1.807) is 18.2 Å². The maximum atomic E-state index is 12.4. The molecule has 0 heterocycles. The fraction of sp³-hybridized carbons (Fsp3) is 0.176. The van der Waals surface area contributed by atoms with E-state index in [9.17, 15) is 9.59 Å². The SMILES string of the molecule is CO[C@H](C(=O)Nc1ccc(NC(C)=O)cc1Cl)c1ccccc1. The van der Waals surface area contributed by atoms with Gasteiger partial charge in [0.05, 0.1) is 10.7 Å². The summed E-state index contributed by atoms with van der Waals surface area (Å²) in [4.78, 5) is 23.4. The summed E-state index contributed by atoms with van der Waals surface area (Å²) in [6.45, 7) is 1.41. The predicted molar refractivity (Wildman–Crippen MR) is 90.6 cm³/mol. The molecule has 0 unspecified atom stereocenters. The van der Waals surface area contributed by atoms with Crippen molar-refractivity contribution in [1.82, 2.24) is 0 Å². The van der Waals surface area contributed by atoms with Crippen LogP contribution >= 0.6 is 11.6 Å². The number of ether oxygens (including phenoxy) is 1. The number of carbonyl (C=O) groups is 2. The van der Waals surface area contributed by atoms with Crippen molar-refractivity contribution in [2.24, 2.45) is 0 Å². The molecule has 0 saturated heterocycles. The molecule has 0 saturated carbocycles. The highest BCUT2D eigenvalue weighted by Crippen LogP contribution is 2.27. The highest BCUT2D eigenvalue weighted by atomic mass is 35.5. The molecule has 2 aromatic rings. The van der Waals surface area contributed by atoms with Gasteiger partial charge in [-0.05, 0) is 23.8 Å². The normalized spacial score (nSPS) is 11.6. The van der Waals surface area contributed by atoms with E-state index in [1.807, 2.05) is 30.3 Å². The van der Waals surface area contributed by atoms with Crippen molar-refractivity contribution in [2.45, 2.75) is 13.0 Å². The number of halogens is 1. The highest BCUT2D eigenvalue weighted by Gasteiger charge is 2.20. The zero-order valence-electron chi connectivity index (χ0n) is 12.8. The van der Waals surface area contributed by atoms with Crippen molar-refractivity contribution >= 4 is 34.8 Å². The molecule has 0 radical (unpaired) electrons. The summed E-state index contributed by atoms with van der Waals surface area (Å²) in [5, 5.41) is 5.68. The Labute approximate surface area is 139 Å². The zero-order chi connectivity index (χ0) is 16.8. The second-order valence-electron chi connectivity index (χ2n) is 4.89. The van der Waals surface area contributed by atoms with Crippen molar-refractivity contribution < 1.29 is 14.3 Å². The predicted octanol–water partition coefficient (Wildman–Crippen LogP) is 3.62. The van der Waals surface area contributed by atoms with Crippen molar-refractivity contribution in [2.75, 3.05) is 17.7 Å². The summed E-state index contributed by atoms with van der Waals surface area (Å²) in [5.74, 6) is -0.519. The van der Waals surface area contributed by atoms with Gasteiger partial charge in [0, 0.05) is 19.7 Å². The molecule has 0 spiro atoms. The Kier molecular flexibility index (Phi) is 5.73. The van der Waals surface area contributed by atoms with Gasteiger partial charge in [0.2, 0.25) is 5.91 Å². The van der Waals surface area contributed by atoms with Crippen molar-refractivity contribution in [1.29, 1.82) is 0 Å². The molecule has 0 fully saturated rings. The number of carbonyl (C=O) groups excluding carboxylic acids is 2. The van der Waals surface area contributed by atoms with Gasteiger partial charge in [0.15, 0.2) is 6.10 Å². The Hall–Kier alpha value is -2.37. The second-order valence-corrected chi connectivity index (χ2v) is 5.30. The Morgan fingerprint density at radius 2 is 1.78 bits per heavy atom. The second kappa shape index (κ2) is 7.76. The molecule has 120 valence electrons. The van der Waals surface area contributed by atoms with E-state index < -0.39 is 6.10 Å². The standard InChI is InChI=1S/C17H17ClN2O3/c1-11(21)19-13-8-9-15(14(18)10-13)20-17(22)16(23-2)12-6-4-3-5-7-12/h3-10,16H,1-2H3,(H,19,21)(H,20,22)/t16-/m0/s1. The van der Waals surface area contributed by atoms with Crippen LogP contribution in [0.4, 0.5) is 11.4 Å². The third kappa shape index (κ3) is 4.55. The number of benzene rings is 2. The molecule has 0 aliphatic heterocycles. The van der Waals surface area contributed by atoms with Crippen LogP contribution in [0.5, 0.6) is 0 Å². The summed E-state index contributed by atoms with van der Waals surface area (Å²) in [7, 11) is 1.47. The summed E-state index contributed by atoms with van der Waals surface area (Å²) in [6, 6.07) is 14.0. The Bertz CT molecular complexity index is 704. The maximum Gasteiger partial charge on any atom is 0.258 e. The smallest absolute Gasteiger partial charge is 0.258 e. The van der Waals surface area contributed by atoms with Gasteiger partial charge in [-0.3, -0.25) is 9.59 Å². The first-order valence-electron chi connectivity index (χ1n) is 6.97. The molecule has 2 amide bonds. The topological polar surface area (TPSA) is 67.4 Å². The van der Waals surface area contributed by atoms with E-state index in [-0.39, 0.29) is 11.8 Å². The number of nitrogens with one attached hydrogen (secondary N) is 2. The van der Waals surface area contributed by atoms with Crippen LogP contribution in [0.15, 0.2) is 48.5 Å². The molecule has 23 heavy (non-hydrogen) atoms. The summed E-state index contributed by atoms with van der Waals surface area (Å²) >= 11 is 6.14. The molecular formula is C17H17ClN2O3. The number of hydrogen-bond donors (Lipinski definition) is 2. The van der Waals surface area contributed by atoms with Gasteiger partial charge < -0.3 is 15.4 Å². The fourth-order valence-electron chi connectivity index (χ4n) is 2.12. The first kappa shape index (κ1) is 17.0. The van der Waals surface area contributed by atoms with Crippen LogP contribution < -0.4 is 10.6 Å². The Morgan fingerprint density at radius 1 is 1.09 bits per heavy atom. The molecule has 0 bridgehead atoms. The molecule has 2 rings (SSSR count). The van der Waals surface area contributed by atoms with Crippen LogP contribution in [-0.2, 0) is 14.3 Å². The molecule has 0 aliphatic rings. The van der Waals surface area contributed by atoms with Gasteiger partial charge in [-0.25, -0.2) is 0 Å². The minimum Gasteiger partial charge on any atom is -0.367 e. The van der Waals surface area contributed by atoms with E-state index in [0.29, 0.717) is 16.4 Å². The third-order valence-corrected chi connectivity index (χ3v) is 3.44. The lowest BCUT2D eigenvalue weighted by Crippen LogP contribution is -2.22. The number of methoxy groups -OCH3 is 1. The number of hydrogen-bond acceptors (Lipinski definition) is 3. The average Bonchev–Trinajstić information content (AvgIpc) is 2.51. The quantitative estimate of drug-likeness (QED) is 0.878. The molecular weight excluding hydrogens is 316 g/mol. The highest BCUT2D eigenvalue weighted by molar-refractivity contribution is 6.34. The molecule has 0 aromatic heterocycles. The van der Waals surface area contributed by atoms with Gasteiger partial charge in [-0.2, -0.15) is 0 Å². The van der Waals surface area contributed by atoms with Gasteiger partial charge in [-0.1, -0.05) is 41.9 Å². The number of anilines is 2. The van der Waals surface area contributed by atoms with Crippen molar-refractivity contribution in [3.8, 4) is 0 Å². The van der Waals surface area contributed by atoms with Crippen LogP contribution in [0.2, 0.25) is 5.02 Å². The molecule has 1 atom stereocenters. The minimum atomic E-state index is -0.734.